The highest BCUT2D eigenvalue weighted by molar-refractivity contribution is 4.92. The van der Waals surface area contributed by atoms with Gasteiger partial charge in [-0.3, -0.25) is 0 Å². The van der Waals surface area contributed by atoms with Gasteiger partial charge in [0.05, 0.1) is 6.61 Å². The molecule has 3 heteroatoms. The van der Waals surface area contributed by atoms with Gasteiger partial charge in [-0.15, -0.1) is 0 Å². The molecule has 0 radical (unpaired) electrons. The van der Waals surface area contributed by atoms with Crippen molar-refractivity contribution in [2.75, 3.05) is 46.4 Å². The molecule has 2 aliphatic heterocycles. The fraction of sp³-hybridized carbons (Fsp3) is 1.00. The second-order valence-corrected chi connectivity index (χ2v) is 5.97. The molecule has 2 rings (SSSR count). The summed E-state index contributed by atoms with van der Waals surface area (Å²) in [6, 6.07) is 0. The summed E-state index contributed by atoms with van der Waals surface area (Å²) < 4.78 is 5.27. The summed E-state index contributed by atoms with van der Waals surface area (Å²) in [6.07, 6.45) is 0. The first-order valence-corrected chi connectivity index (χ1v) is 6.03. The normalized spacial score (nSPS) is 32.2. The Kier molecular flexibility index (Phi) is 3.33. The monoisotopic (exact) mass is 212 g/mol. The fourth-order valence-electron chi connectivity index (χ4n) is 3.12. The Hall–Kier alpha value is -0.120. The van der Waals surface area contributed by atoms with Gasteiger partial charge < -0.3 is 15.0 Å². The second-order valence-electron chi connectivity index (χ2n) is 5.97. The Morgan fingerprint density at radius 1 is 1.27 bits per heavy atom. The number of rotatable bonds is 4. The van der Waals surface area contributed by atoms with Crippen molar-refractivity contribution in [3.05, 3.63) is 0 Å². The molecular formula is C12H24N2O. The molecule has 0 amide bonds. The Balaban J connectivity index is 1.81. The van der Waals surface area contributed by atoms with E-state index in [1.165, 1.54) is 32.7 Å². The summed E-state index contributed by atoms with van der Waals surface area (Å²) >= 11 is 0. The van der Waals surface area contributed by atoms with Crippen LogP contribution >= 0.6 is 0 Å². The molecule has 0 bridgehead atoms. The smallest absolute Gasteiger partial charge is 0.0525 e. The lowest BCUT2D eigenvalue weighted by Crippen LogP contribution is -2.37. The van der Waals surface area contributed by atoms with Crippen LogP contribution in [0.25, 0.3) is 0 Å². The molecule has 0 aromatic rings. The predicted octanol–water partition coefficient (Wildman–Crippen LogP) is 0.810. The van der Waals surface area contributed by atoms with Gasteiger partial charge in [0.25, 0.3) is 0 Å². The fourth-order valence-corrected chi connectivity index (χ4v) is 3.12. The van der Waals surface area contributed by atoms with Crippen molar-refractivity contribution in [3.8, 4) is 0 Å². The van der Waals surface area contributed by atoms with Crippen molar-refractivity contribution in [2.24, 2.45) is 17.3 Å². The second kappa shape index (κ2) is 4.40. The Morgan fingerprint density at radius 2 is 1.87 bits per heavy atom. The molecule has 0 spiro atoms. The molecule has 0 aromatic carbocycles. The molecular weight excluding hydrogens is 188 g/mol. The van der Waals surface area contributed by atoms with Crippen LogP contribution in [0.2, 0.25) is 0 Å². The first-order chi connectivity index (χ1) is 7.11. The minimum atomic E-state index is 0.292. The summed E-state index contributed by atoms with van der Waals surface area (Å²) in [5.41, 5.74) is 0.292. The minimum Gasteiger partial charge on any atom is -0.384 e. The van der Waals surface area contributed by atoms with Gasteiger partial charge in [-0.1, -0.05) is 13.8 Å². The zero-order chi connectivity index (χ0) is 10.9. The third-order valence-corrected chi connectivity index (χ3v) is 3.65. The van der Waals surface area contributed by atoms with Crippen LogP contribution in [0.4, 0.5) is 0 Å². The summed E-state index contributed by atoms with van der Waals surface area (Å²) in [4.78, 5) is 2.62. The average molecular weight is 212 g/mol. The van der Waals surface area contributed by atoms with E-state index in [1.54, 1.807) is 7.11 Å². The van der Waals surface area contributed by atoms with Gasteiger partial charge >= 0.3 is 0 Å². The quantitative estimate of drug-likeness (QED) is 0.746. The Bertz CT molecular complexity index is 206. The highest BCUT2D eigenvalue weighted by Crippen LogP contribution is 2.29. The maximum Gasteiger partial charge on any atom is 0.0525 e. The van der Waals surface area contributed by atoms with E-state index in [4.69, 9.17) is 4.74 Å². The van der Waals surface area contributed by atoms with Gasteiger partial charge in [0.1, 0.15) is 0 Å². The van der Waals surface area contributed by atoms with E-state index in [9.17, 15) is 0 Å². The van der Waals surface area contributed by atoms with Gasteiger partial charge in [-0.2, -0.15) is 0 Å². The van der Waals surface area contributed by atoms with E-state index in [0.717, 1.165) is 18.4 Å². The number of likely N-dealkylation sites (tertiary alicyclic amines) is 1. The first-order valence-electron chi connectivity index (χ1n) is 6.03. The molecule has 2 fully saturated rings. The molecule has 0 aromatic heterocycles. The van der Waals surface area contributed by atoms with Crippen molar-refractivity contribution in [3.63, 3.8) is 0 Å². The van der Waals surface area contributed by atoms with Crippen molar-refractivity contribution in [1.82, 2.24) is 10.2 Å². The lowest BCUT2D eigenvalue weighted by atomic mass is 9.94. The summed E-state index contributed by atoms with van der Waals surface area (Å²) in [5.74, 6) is 1.81. The van der Waals surface area contributed by atoms with E-state index in [-0.39, 0.29) is 0 Å². The minimum absolute atomic E-state index is 0.292. The van der Waals surface area contributed by atoms with Gasteiger partial charge in [-0.25, -0.2) is 0 Å². The van der Waals surface area contributed by atoms with Crippen LogP contribution in [-0.4, -0.2) is 51.3 Å². The number of methoxy groups -OCH3 is 1. The number of hydrogen-bond donors (Lipinski definition) is 1. The van der Waals surface area contributed by atoms with Gasteiger partial charge in [0.15, 0.2) is 0 Å². The predicted molar refractivity (Wildman–Crippen MR) is 61.9 cm³/mol. The molecule has 88 valence electrons. The van der Waals surface area contributed by atoms with E-state index in [2.05, 4.69) is 24.1 Å². The number of nitrogens with one attached hydrogen (secondary N) is 1. The standard InChI is InChI=1S/C12H24N2O/c1-12(2,9-15-3)8-14-6-10-4-13-5-11(10)7-14/h10-11,13H,4-9H2,1-3H3/t10-,11+. The van der Waals surface area contributed by atoms with Crippen LogP contribution in [0.1, 0.15) is 13.8 Å². The maximum atomic E-state index is 5.27. The van der Waals surface area contributed by atoms with E-state index >= 15 is 0 Å². The summed E-state index contributed by atoms with van der Waals surface area (Å²) in [6.45, 7) is 11.6. The third kappa shape index (κ3) is 2.71. The first kappa shape index (κ1) is 11.4. The van der Waals surface area contributed by atoms with Crippen LogP contribution in [-0.2, 0) is 4.74 Å². The number of fused-ring (bicyclic) bond motifs is 1. The SMILES string of the molecule is COCC(C)(C)CN1C[C@H]2CNC[C@H]2C1. The molecule has 2 heterocycles. The van der Waals surface area contributed by atoms with Crippen LogP contribution < -0.4 is 5.32 Å². The zero-order valence-corrected chi connectivity index (χ0v) is 10.3. The molecule has 1 N–H and O–H groups in total. The van der Waals surface area contributed by atoms with Crippen molar-refractivity contribution >= 4 is 0 Å². The van der Waals surface area contributed by atoms with E-state index in [1.807, 2.05) is 0 Å². The van der Waals surface area contributed by atoms with Crippen LogP contribution in [0.15, 0.2) is 0 Å². The van der Waals surface area contributed by atoms with Crippen molar-refractivity contribution < 1.29 is 4.74 Å². The molecule has 15 heavy (non-hydrogen) atoms. The molecule has 0 unspecified atom stereocenters. The summed E-state index contributed by atoms with van der Waals surface area (Å²) in [7, 11) is 1.80. The molecule has 2 atom stereocenters. The van der Waals surface area contributed by atoms with E-state index < -0.39 is 0 Å². The van der Waals surface area contributed by atoms with Crippen molar-refractivity contribution in [2.45, 2.75) is 13.8 Å². The van der Waals surface area contributed by atoms with Crippen molar-refractivity contribution in [1.29, 1.82) is 0 Å². The molecule has 2 aliphatic rings. The number of nitrogens with zero attached hydrogens (tertiary/aromatic N) is 1. The number of hydrogen-bond acceptors (Lipinski definition) is 3. The average Bonchev–Trinajstić information content (AvgIpc) is 2.61. The highest BCUT2D eigenvalue weighted by atomic mass is 16.5. The molecule has 2 saturated heterocycles. The number of ether oxygens (including phenoxy) is 1. The zero-order valence-electron chi connectivity index (χ0n) is 10.3. The summed E-state index contributed by atoms with van der Waals surface area (Å²) in [5, 5.41) is 3.48. The van der Waals surface area contributed by atoms with Crippen LogP contribution in [0.5, 0.6) is 0 Å². The molecule has 0 saturated carbocycles. The van der Waals surface area contributed by atoms with Gasteiger partial charge in [0.2, 0.25) is 0 Å². The largest absolute Gasteiger partial charge is 0.384 e. The maximum absolute atomic E-state index is 5.27. The lowest BCUT2D eigenvalue weighted by Gasteiger charge is -2.29. The highest BCUT2D eigenvalue weighted by Gasteiger charge is 2.37. The van der Waals surface area contributed by atoms with E-state index in [0.29, 0.717) is 5.41 Å². The van der Waals surface area contributed by atoms with Crippen LogP contribution in [0.3, 0.4) is 0 Å². The Morgan fingerprint density at radius 3 is 2.40 bits per heavy atom. The molecule has 0 aliphatic carbocycles. The third-order valence-electron chi connectivity index (χ3n) is 3.65. The van der Waals surface area contributed by atoms with Gasteiger partial charge in [0, 0.05) is 32.2 Å². The van der Waals surface area contributed by atoms with Gasteiger partial charge in [-0.05, 0) is 24.9 Å². The topological polar surface area (TPSA) is 24.5 Å². The van der Waals surface area contributed by atoms with Crippen LogP contribution in [0, 0.1) is 17.3 Å². The molecule has 3 nitrogen and oxygen atoms in total. The lowest BCUT2D eigenvalue weighted by molar-refractivity contribution is 0.0747. The Labute approximate surface area is 93.2 Å².